The summed E-state index contributed by atoms with van der Waals surface area (Å²) < 4.78 is 5.33. The Morgan fingerprint density at radius 3 is 2.82 bits per heavy atom. The second-order valence-electron chi connectivity index (χ2n) is 4.05. The zero-order chi connectivity index (χ0) is 12.7. The van der Waals surface area contributed by atoms with Crippen LogP contribution in [-0.4, -0.2) is 38.7 Å². The fraction of sp³-hybridized carbons (Fsp3) is 0.538. The van der Waals surface area contributed by atoms with Crippen LogP contribution in [0.25, 0.3) is 0 Å². The molecule has 0 aliphatic rings. The number of hydrogen-bond donors (Lipinski definition) is 1. The molecule has 0 saturated heterocycles. The maximum Gasteiger partial charge on any atom is 0.123 e. The molecule has 3 nitrogen and oxygen atoms in total. The standard InChI is InChI=1S/C13H21ClN2O/c1-4-15-7-8-16(2)10-11-9-12(14)5-6-13(11)17-3/h5-6,9,15H,4,7-8,10H2,1-3H3. The maximum atomic E-state index is 6.00. The molecule has 0 heterocycles. The molecule has 96 valence electrons. The Bertz CT molecular complexity index is 344. The highest BCUT2D eigenvalue weighted by Gasteiger charge is 2.06. The third-order valence-corrected chi connectivity index (χ3v) is 2.84. The average Bonchev–Trinajstić information content (AvgIpc) is 2.29. The molecule has 0 saturated carbocycles. The molecule has 4 heteroatoms. The highest BCUT2D eigenvalue weighted by molar-refractivity contribution is 6.30. The number of benzene rings is 1. The van der Waals surface area contributed by atoms with Crippen LogP contribution in [0, 0.1) is 0 Å². The molecule has 1 rings (SSSR count). The molecule has 0 radical (unpaired) electrons. The number of nitrogens with zero attached hydrogens (tertiary/aromatic N) is 1. The minimum Gasteiger partial charge on any atom is -0.496 e. The van der Waals surface area contributed by atoms with Crippen molar-refractivity contribution in [2.24, 2.45) is 0 Å². The molecule has 1 aromatic rings. The van der Waals surface area contributed by atoms with Gasteiger partial charge in [-0.15, -0.1) is 0 Å². The second-order valence-corrected chi connectivity index (χ2v) is 4.48. The van der Waals surface area contributed by atoms with Gasteiger partial charge in [0.2, 0.25) is 0 Å². The van der Waals surface area contributed by atoms with Gasteiger partial charge in [-0.1, -0.05) is 18.5 Å². The summed E-state index contributed by atoms with van der Waals surface area (Å²) in [5.74, 6) is 0.893. The van der Waals surface area contributed by atoms with E-state index in [0.717, 1.165) is 42.5 Å². The number of methoxy groups -OCH3 is 1. The smallest absolute Gasteiger partial charge is 0.123 e. The Morgan fingerprint density at radius 1 is 1.41 bits per heavy atom. The highest BCUT2D eigenvalue weighted by Crippen LogP contribution is 2.23. The number of rotatable bonds is 7. The van der Waals surface area contributed by atoms with Crippen LogP contribution in [-0.2, 0) is 6.54 Å². The monoisotopic (exact) mass is 256 g/mol. The van der Waals surface area contributed by atoms with Crippen LogP contribution in [0.4, 0.5) is 0 Å². The molecular formula is C13H21ClN2O. The van der Waals surface area contributed by atoms with Gasteiger partial charge < -0.3 is 15.0 Å². The third-order valence-electron chi connectivity index (χ3n) is 2.60. The predicted molar refractivity (Wildman–Crippen MR) is 72.9 cm³/mol. The number of likely N-dealkylation sites (N-methyl/N-ethyl adjacent to an activating group) is 2. The first-order valence-corrected chi connectivity index (χ1v) is 6.26. The van der Waals surface area contributed by atoms with Crippen LogP contribution < -0.4 is 10.1 Å². The summed E-state index contributed by atoms with van der Waals surface area (Å²) in [6, 6.07) is 5.72. The number of halogens is 1. The van der Waals surface area contributed by atoms with Crippen molar-refractivity contribution in [1.82, 2.24) is 10.2 Å². The van der Waals surface area contributed by atoms with Crippen molar-refractivity contribution in [1.29, 1.82) is 0 Å². The summed E-state index contributed by atoms with van der Waals surface area (Å²) in [7, 11) is 3.78. The summed E-state index contributed by atoms with van der Waals surface area (Å²) in [6.07, 6.45) is 0. The van der Waals surface area contributed by atoms with Gasteiger partial charge in [0.05, 0.1) is 7.11 Å². The lowest BCUT2D eigenvalue weighted by molar-refractivity contribution is 0.316. The first-order valence-electron chi connectivity index (χ1n) is 5.89. The van der Waals surface area contributed by atoms with E-state index in [1.54, 1.807) is 7.11 Å². The van der Waals surface area contributed by atoms with Crippen LogP contribution >= 0.6 is 11.6 Å². The maximum absolute atomic E-state index is 6.00. The van der Waals surface area contributed by atoms with Gasteiger partial charge in [0.25, 0.3) is 0 Å². The minimum atomic E-state index is 0.751. The van der Waals surface area contributed by atoms with Crippen molar-refractivity contribution in [3.8, 4) is 5.75 Å². The Hall–Kier alpha value is -0.770. The van der Waals surface area contributed by atoms with E-state index in [4.69, 9.17) is 16.3 Å². The average molecular weight is 257 g/mol. The normalized spacial score (nSPS) is 10.9. The summed E-state index contributed by atoms with van der Waals surface area (Å²) in [5.41, 5.74) is 1.12. The fourth-order valence-corrected chi connectivity index (χ4v) is 1.88. The Morgan fingerprint density at radius 2 is 2.18 bits per heavy atom. The van der Waals surface area contributed by atoms with E-state index in [-0.39, 0.29) is 0 Å². The van der Waals surface area contributed by atoms with Crippen molar-refractivity contribution < 1.29 is 4.74 Å². The summed E-state index contributed by atoms with van der Waals surface area (Å²) in [4.78, 5) is 2.25. The zero-order valence-electron chi connectivity index (χ0n) is 10.8. The molecule has 0 aliphatic carbocycles. The molecule has 0 aliphatic heterocycles. The topological polar surface area (TPSA) is 24.5 Å². The first-order chi connectivity index (χ1) is 8.17. The van der Waals surface area contributed by atoms with Crippen molar-refractivity contribution in [2.75, 3.05) is 33.8 Å². The summed E-state index contributed by atoms with van der Waals surface area (Å²) >= 11 is 6.00. The number of nitrogens with one attached hydrogen (secondary N) is 1. The molecule has 0 amide bonds. The molecule has 0 aromatic heterocycles. The van der Waals surface area contributed by atoms with E-state index in [1.807, 2.05) is 18.2 Å². The summed E-state index contributed by atoms with van der Waals surface area (Å²) in [5, 5.41) is 4.06. The Kier molecular flexibility index (Phi) is 6.34. The van der Waals surface area contributed by atoms with E-state index in [1.165, 1.54) is 0 Å². The molecule has 1 N–H and O–H groups in total. The Labute approximate surface area is 109 Å². The van der Waals surface area contributed by atoms with Gasteiger partial charge in [-0.2, -0.15) is 0 Å². The Balaban J connectivity index is 2.57. The predicted octanol–water partition coefficient (Wildman–Crippen LogP) is 2.39. The van der Waals surface area contributed by atoms with Crippen molar-refractivity contribution in [3.63, 3.8) is 0 Å². The molecule has 0 spiro atoms. The third kappa shape index (κ3) is 4.94. The minimum absolute atomic E-state index is 0.751. The van der Waals surface area contributed by atoms with Gasteiger partial charge in [-0.25, -0.2) is 0 Å². The molecule has 0 bridgehead atoms. The van der Waals surface area contributed by atoms with Gasteiger partial charge >= 0.3 is 0 Å². The van der Waals surface area contributed by atoms with Crippen LogP contribution in [0.1, 0.15) is 12.5 Å². The number of ether oxygens (including phenoxy) is 1. The second kappa shape index (κ2) is 7.54. The van der Waals surface area contributed by atoms with Crippen molar-refractivity contribution in [2.45, 2.75) is 13.5 Å². The van der Waals surface area contributed by atoms with E-state index in [0.29, 0.717) is 0 Å². The van der Waals surface area contributed by atoms with Gasteiger partial charge in [-0.3, -0.25) is 0 Å². The lowest BCUT2D eigenvalue weighted by Gasteiger charge is -2.18. The van der Waals surface area contributed by atoms with E-state index >= 15 is 0 Å². The largest absolute Gasteiger partial charge is 0.496 e. The van der Waals surface area contributed by atoms with E-state index in [2.05, 4.69) is 24.2 Å². The number of hydrogen-bond acceptors (Lipinski definition) is 3. The van der Waals surface area contributed by atoms with Gasteiger partial charge in [0.15, 0.2) is 0 Å². The molecular weight excluding hydrogens is 236 g/mol. The first kappa shape index (κ1) is 14.3. The summed E-state index contributed by atoms with van der Waals surface area (Å²) in [6.45, 7) is 5.96. The molecule has 0 fully saturated rings. The fourth-order valence-electron chi connectivity index (χ4n) is 1.69. The lowest BCUT2D eigenvalue weighted by Crippen LogP contribution is -2.28. The van der Waals surface area contributed by atoms with Gasteiger partial charge in [-0.05, 0) is 31.8 Å². The van der Waals surface area contributed by atoms with Gasteiger partial charge in [0, 0.05) is 30.2 Å². The van der Waals surface area contributed by atoms with Crippen molar-refractivity contribution in [3.05, 3.63) is 28.8 Å². The quantitative estimate of drug-likeness (QED) is 0.759. The lowest BCUT2D eigenvalue weighted by atomic mass is 10.2. The van der Waals surface area contributed by atoms with Crippen LogP contribution in [0.3, 0.4) is 0 Å². The molecule has 0 unspecified atom stereocenters. The van der Waals surface area contributed by atoms with E-state index in [9.17, 15) is 0 Å². The highest BCUT2D eigenvalue weighted by atomic mass is 35.5. The SMILES string of the molecule is CCNCCN(C)Cc1cc(Cl)ccc1OC. The van der Waals surface area contributed by atoms with Crippen LogP contribution in [0.2, 0.25) is 5.02 Å². The molecule has 1 aromatic carbocycles. The molecule has 17 heavy (non-hydrogen) atoms. The molecule has 0 atom stereocenters. The van der Waals surface area contributed by atoms with Crippen molar-refractivity contribution >= 4 is 11.6 Å². The van der Waals surface area contributed by atoms with Crippen LogP contribution in [0.15, 0.2) is 18.2 Å². The van der Waals surface area contributed by atoms with E-state index < -0.39 is 0 Å². The van der Waals surface area contributed by atoms with Gasteiger partial charge in [0.1, 0.15) is 5.75 Å². The zero-order valence-corrected chi connectivity index (χ0v) is 11.5. The van der Waals surface area contributed by atoms with Crippen LogP contribution in [0.5, 0.6) is 5.75 Å².